The summed E-state index contributed by atoms with van der Waals surface area (Å²) in [4.78, 5) is 30.9. The Labute approximate surface area is 168 Å². The zero-order chi connectivity index (χ0) is 20.1. The Morgan fingerprint density at radius 2 is 1.79 bits per heavy atom. The van der Waals surface area contributed by atoms with E-state index < -0.39 is 16.5 Å². The molecule has 3 N–H and O–H groups in total. The molecule has 0 spiro atoms. The first-order chi connectivity index (χ1) is 13.5. The predicted molar refractivity (Wildman–Crippen MR) is 106 cm³/mol. The van der Waals surface area contributed by atoms with Crippen molar-refractivity contribution in [3.05, 3.63) is 80.6 Å². The first-order valence-corrected chi connectivity index (χ1v) is 8.54. The molecule has 9 nitrogen and oxygen atoms in total. The second-order valence-corrected chi connectivity index (χ2v) is 6.21. The van der Waals surface area contributed by atoms with E-state index >= 15 is 0 Å². The molecule has 1 heterocycles. The zero-order valence-corrected chi connectivity index (χ0v) is 15.5. The lowest BCUT2D eigenvalue weighted by Crippen LogP contribution is -2.30. The summed E-state index contributed by atoms with van der Waals surface area (Å²) in [6.45, 7) is 0. The van der Waals surface area contributed by atoms with E-state index in [0.717, 1.165) is 6.33 Å². The van der Waals surface area contributed by atoms with Crippen LogP contribution in [-0.4, -0.2) is 20.8 Å². The molecule has 0 unspecified atom stereocenters. The van der Waals surface area contributed by atoms with E-state index in [1.54, 1.807) is 42.5 Å². The molecular formula is C17H12Cl2N6O3. The Hall–Kier alpha value is -3.43. The molecule has 28 heavy (non-hydrogen) atoms. The summed E-state index contributed by atoms with van der Waals surface area (Å²) in [5.74, 6) is -0.857. The molecule has 0 aliphatic carbocycles. The van der Waals surface area contributed by atoms with Gasteiger partial charge in [0.1, 0.15) is 6.33 Å². The van der Waals surface area contributed by atoms with Crippen LogP contribution in [0.3, 0.4) is 0 Å². The molecule has 0 aliphatic rings. The number of amides is 1. The van der Waals surface area contributed by atoms with E-state index in [1.807, 2.05) is 0 Å². The third-order valence-electron chi connectivity index (χ3n) is 3.51. The third-order valence-corrected chi connectivity index (χ3v) is 4.07. The standard InChI is InChI=1S/C17H12Cl2N6O3/c18-10-4-3-5-11(8-10)22-15-14(25(27)28)16(21-9-20-15)23-24-17(26)12-6-1-2-7-13(12)19/h1-9H,(H,24,26)(H2,20,21,22,23). The highest BCUT2D eigenvalue weighted by molar-refractivity contribution is 6.33. The van der Waals surface area contributed by atoms with Crippen molar-refractivity contribution in [2.75, 3.05) is 10.7 Å². The fraction of sp³-hybridized carbons (Fsp3) is 0. The summed E-state index contributed by atoms with van der Waals surface area (Å²) in [5, 5.41) is 15.1. The molecule has 3 aromatic rings. The summed E-state index contributed by atoms with van der Waals surface area (Å²) >= 11 is 11.9. The maximum absolute atomic E-state index is 12.2. The monoisotopic (exact) mass is 418 g/mol. The van der Waals surface area contributed by atoms with E-state index in [4.69, 9.17) is 23.2 Å². The topological polar surface area (TPSA) is 122 Å². The number of carbonyl (C=O) groups excluding carboxylic acids is 1. The molecule has 1 amide bonds. The summed E-state index contributed by atoms with van der Waals surface area (Å²) in [6, 6.07) is 13.0. The van der Waals surface area contributed by atoms with Crippen molar-refractivity contribution >= 4 is 52.1 Å². The second kappa shape index (κ2) is 8.51. The maximum atomic E-state index is 12.2. The third kappa shape index (κ3) is 4.45. The lowest BCUT2D eigenvalue weighted by Gasteiger charge is -2.11. The molecule has 0 radical (unpaired) electrons. The van der Waals surface area contributed by atoms with Crippen LogP contribution in [-0.2, 0) is 0 Å². The average molecular weight is 419 g/mol. The van der Waals surface area contributed by atoms with Gasteiger partial charge in [0.2, 0.25) is 11.6 Å². The number of anilines is 3. The number of benzene rings is 2. The lowest BCUT2D eigenvalue weighted by molar-refractivity contribution is -0.383. The van der Waals surface area contributed by atoms with Crippen LogP contribution < -0.4 is 16.2 Å². The van der Waals surface area contributed by atoms with Crippen LogP contribution >= 0.6 is 23.2 Å². The van der Waals surface area contributed by atoms with E-state index in [2.05, 4.69) is 26.1 Å². The minimum absolute atomic E-state index is 0.0724. The fourth-order valence-corrected chi connectivity index (χ4v) is 2.68. The molecule has 0 atom stereocenters. The fourth-order valence-electron chi connectivity index (χ4n) is 2.27. The molecule has 0 saturated heterocycles. The summed E-state index contributed by atoms with van der Waals surface area (Å²) in [5.41, 5.74) is 5.02. The van der Waals surface area contributed by atoms with Crippen LogP contribution in [0.5, 0.6) is 0 Å². The number of nitrogens with zero attached hydrogens (tertiary/aromatic N) is 3. The van der Waals surface area contributed by atoms with Gasteiger partial charge in [-0.1, -0.05) is 41.4 Å². The van der Waals surface area contributed by atoms with Crippen molar-refractivity contribution in [3.63, 3.8) is 0 Å². The lowest BCUT2D eigenvalue weighted by atomic mass is 10.2. The highest BCUT2D eigenvalue weighted by Crippen LogP contribution is 2.31. The van der Waals surface area contributed by atoms with Gasteiger partial charge in [-0.15, -0.1) is 0 Å². The van der Waals surface area contributed by atoms with Gasteiger partial charge in [-0.3, -0.25) is 25.8 Å². The first kappa shape index (κ1) is 19.3. The Morgan fingerprint density at radius 1 is 1.04 bits per heavy atom. The molecule has 0 saturated carbocycles. The predicted octanol–water partition coefficient (Wildman–Crippen LogP) is 4.19. The van der Waals surface area contributed by atoms with Crippen LogP contribution in [0, 0.1) is 10.1 Å². The number of nitro groups is 1. The van der Waals surface area contributed by atoms with Crippen molar-refractivity contribution in [1.29, 1.82) is 0 Å². The molecule has 2 aromatic carbocycles. The quantitative estimate of drug-likeness (QED) is 0.405. The summed E-state index contributed by atoms with van der Waals surface area (Å²) in [7, 11) is 0. The zero-order valence-electron chi connectivity index (χ0n) is 14.0. The molecule has 11 heteroatoms. The Balaban J connectivity index is 1.84. The van der Waals surface area contributed by atoms with Crippen LogP contribution in [0.25, 0.3) is 0 Å². The Kier molecular flexibility index (Phi) is 5.87. The Bertz CT molecular complexity index is 1050. The molecule has 0 fully saturated rings. The summed E-state index contributed by atoms with van der Waals surface area (Å²) in [6.07, 6.45) is 1.11. The second-order valence-electron chi connectivity index (χ2n) is 5.37. The number of rotatable bonds is 6. The van der Waals surface area contributed by atoms with Gasteiger partial charge in [0.05, 0.1) is 15.5 Å². The minimum atomic E-state index is -0.670. The van der Waals surface area contributed by atoms with E-state index in [0.29, 0.717) is 10.7 Å². The van der Waals surface area contributed by atoms with Gasteiger partial charge in [-0.2, -0.15) is 0 Å². The number of nitrogens with one attached hydrogen (secondary N) is 3. The number of aromatic nitrogens is 2. The van der Waals surface area contributed by atoms with Crippen LogP contribution in [0.4, 0.5) is 23.0 Å². The molecule has 142 valence electrons. The van der Waals surface area contributed by atoms with Gasteiger partial charge >= 0.3 is 5.69 Å². The van der Waals surface area contributed by atoms with Crippen molar-refractivity contribution in [3.8, 4) is 0 Å². The number of hydrazine groups is 1. The van der Waals surface area contributed by atoms with Crippen LogP contribution in [0.2, 0.25) is 10.0 Å². The van der Waals surface area contributed by atoms with Crippen molar-refractivity contribution in [1.82, 2.24) is 15.4 Å². The highest BCUT2D eigenvalue weighted by atomic mass is 35.5. The normalized spacial score (nSPS) is 10.2. The van der Waals surface area contributed by atoms with Crippen LogP contribution in [0.1, 0.15) is 10.4 Å². The van der Waals surface area contributed by atoms with E-state index in [-0.39, 0.29) is 22.2 Å². The smallest absolute Gasteiger partial charge is 0.334 e. The highest BCUT2D eigenvalue weighted by Gasteiger charge is 2.24. The minimum Gasteiger partial charge on any atom is -0.334 e. The average Bonchev–Trinajstić information content (AvgIpc) is 2.66. The van der Waals surface area contributed by atoms with Crippen molar-refractivity contribution in [2.24, 2.45) is 0 Å². The van der Waals surface area contributed by atoms with Gasteiger partial charge in [0, 0.05) is 10.7 Å². The van der Waals surface area contributed by atoms with Crippen molar-refractivity contribution < 1.29 is 9.72 Å². The van der Waals surface area contributed by atoms with Gasteiger partial charge in [-0.05, 0) is 30.3 Å². The molecule has 3 rings (SSSR count). The molecular weight excluding hydrogens is 407 g/mol. The van der Waals surface area contributed by atoms with Gasteiger partial charge in [0.15, 0.2) is 0 Å². The Morgan fingerprint density at radius 3 is 2.50 bits per heavy atom. The van der Waals surface area contributed by atoms with Gasteiger partial charge < -0.3 is 5.32 Å². The molecule has 1 aromatic heterocycles. The molecule has 0 aliphatic heterocycles. The SMILES string of the molecule is O=C(NNc1ncnc(Nc2cccc(Cl)c2)c1[N+](=O)[O-])c1ccccc1Cl. The van der Waals surface area contributed by atoms with Gasteiger partial charge in [0.25, 0.3) is 5.91 Å². The number of hydrogen-bond acceptors (Lipinski definition) is 7. The van der Waals surface area contributed by atoms with E-state index in [1.165, 1.54) is 6.07 Å². The largest absolute Gasteiger partial charge is 0.355 e. The maximum Gasteiger partial charge on any atom is 0.355 e. The number of hydrogen-bond donors (Lipinski definition) is 3. The van der Waals surface area contributed by atoms with Crippen molar-refractivity contribution in [2.45, 2.75) is 0 Å². The van der Waals surface area contributed by atoms with Crippen LogP contribution in [0.15, 0.2) is 54.9 Å². The van der Waals surface area contributed by atoms with E-state index in [9.17, 15) is 14.9 Å². The number of halogens is 2. The summed E-state index contributed by atoms with van der Waals surface area (Å²) < 4.78 is 0. The first-order valence-electron chi connectivity index (χ1n) is 7.78. The number of carbonyl (C=O) groups is 1. The molecule has 0 bridgehead atoms. The van der Waals surface area contributed by atoms with Gasteiger partial charge in [-0.25, -0.2) is 9.97 Å².